The van der Waals surface area contributed by atoms with Gasteiger partial charge in [0.05, 0.1) is 31.5 Å². The molecule has 2 aliphatic heterocycles. The molecule has 3 aliphatic rings. The fraction of sp³-hybridized carbons (Fsp3) is 0.750. The molecule has 2 heterocycles. The largest absolute Gasteiger partial charge is 0.413 e. The maximum absolute atomic E-state index is 11.0. The minimum atomic E-state index is -2.16. The van der Waals surface area contributed by atoms with Crippen molar-refractivity contribution in [1.29, 1.82) is 10.5 Å². The van der Waals surface area contributed by atoms with Gasteiger partial charge in [0.15, 0.2) is 19.1 Å². The Morgan fingerprint density at radius 1 is 1.29 bits per heavy atom. The van der Waals surface area contributed by atoms with E-state index in [0.717, 1.165) is 30.4 Å². The Hall–Kier alpha value is -2.05. The molecule has 3 rings (SSSR count). The number of methoxy groups -OCH3 is 2. The van der Waals surface area contributed by atoms with E-state index in [9.17, 15) is 10.5 Å². The fourth-order valence-corrected chi connectivity index (χ4v) is 6.74. The molecule has 0 spiro atoms. The van der Waals surface area contributed by atoms with Crippen LogP contribution in [0.25, 0.3) is 0 Å². The summed E-state index contributed by atoms with van der Waals surface area (Å²) in [5, 5.41) is 21.8. The smallest absolute Gasteiger partial charge is 0.293 e. The van der Waals surface area contributed by atoms with E-state index in [0.29, 0.717) is 5.57 Å². The highest BCUT2D eigenvalue weighted by molar-refractivity contribution is 6.74. The van der Waals surface area contributed by atoms with Gasteiger partial charge in [0.2, 0.25) is 0 Å². The summed E-state index contributed by atoms with van der Waals surface area (Å²) in [4.78, 5) is 4.57. The number of aliphatic imine (C=N–C) groups is 1. The highest BCUT2D eigenvalue weighted by Crippen LogP contribution is 2.69. The highest BCUT2D eigenvalue weighted by Gasteiger charge is 2.81. The Balaban J connectivity index is 2.32. The molecule has 0 aromatic heterocycles. The second kappa shape index (κ2) is 10.8. The van der Waals surface area contributed by atoms with Gasteiger partial charge in [0, 0.05) is 20.1 Å². The van der Waals surface area contributed by atoms with Crippen molar-refractivity contribution in [2.45, 2.75) is 84.0 Å². The minimum absolute atomic E-state index is 0.00870. The number of unbranched alkanes of at least 4 members (excludes halogenated alkanes) is 1. The summed E-state index contributed by atoms with van der Waals surface area (Å²) in [6.45, 7) is 15.6. The lowest BCUT2D eigenvalue weighted by Gasteiger charge is -2.47. The van der Waals surface area contributed by atoms with Crippen LogP contribution in [0.3, 0.4) is 0 Å². The molecule has 0 amide bonds. The van der Waals surface area contributed by atoms with Gasteiger partial charge in [0.1, 0.15) is 12.6 Å². The topological polar surface area (TPSA) is 132 Å². The fourth-order valence-electron chi connectivity index (χ4n) is 5.79. The van der Waals surface area contributed by atoms with Gasteiger partial charge >= 0.3 is 0 Å². The summed E-state index contributed by atoms with van der Waals surface area (Å²) in [6, 6.07) is 4.91. The number of nitriles is 2. The number of amidine groups is 1. The Bertz CT molecular complexity index is 1090. The molecule has 210 valence electrons. The van der Waals surface area contributed by atoms with Gasteiger partial charge in [-0.1, -0.05) is 46.6 Å². The summed E-state index contributed by atoms with van der Waals surface area (Å²) in [5.41, 5.74) is 5.80. The maximum Gasteiger partial charge on any atom is 0.293 e. The summed E-state index contributed by atoms with van der Waals surface area (Å²) in [6.07, 6.45) is 4.28. The van der Waals surface area contributed by atoms with Crippen molar-refractivity contribution in [3.8, 4) is 12.1 Å². The third-order valence-electron chi connectivity index (χ3n) is 8.95. The van der Waals surface area contributed by atoms with Crippen molar-refractivity contribution in [3.63, 3.8) is 0 Å². The van der Waals surface area contributed by atoms with Crippen LogP contribution in [0.4, 0.5) is 0 Å². The summed E-state index contributed by atoms with van der Waals surface area (Å²) < 4.78 is 29.9. The molecule has 9 nitrogen and oxygen atoms in total. The zero-order chi connectivity index (χ0) is 28.6. The zero-order valence-electron chi connectivity index (χ0n) is 24.4. The Labute approximate surface area is 228 Å². The Kier molecular flexibility index (Phi) is 8.70. The van der Waals surface area contributed by atoms with Crippen LogP contribution in [0.5, 0.6) is 0 Å². The first-order chi connectivity index (χ1) is 17.8. The van der Waals surface area contributed by atoms with Crippen molar-refractivity contribution >= 4 is 14.2 Å². The van der Waals surface area contributed by atoms with Crippen LogP contribution in [0, 0.1) is 39.4 Å². The molecule has 10 heteroatoms. The molecule has 2 N–H and O–H groups in total. The average molecular weight is 545 g/mol. The number of ether oxygens (including phenoxy) is 4. The predicted octanol–water partition coefficient (Wildman–Crippen LogP) is 4.78. The molecule has 1 aliphatic carbocycles. The van der Waals surface area contributed by atoms with E-state index in [-0.39, 0.29) is 37.0 Å². The number of hydrogen-bond acceptors (Lipinski definition) is 9. The summed E-state index contributed by atoms with van der Waals surface area (Å²) >= 11 is 0. The molecule has 0 radical (unpaired) electrons. The molecule has 38 heavy (non-hydrogen) atoms. The van der Waals surface area contributed by atoms with Gasteiger partial charge in [-0.3, -0.25) is 0 Å². The van der Waals surface area contributed by atoms with E-state index in [1.54, 1.807) is 7.11 Å². The van der Waals surface area contributed by atoms with E-state index in [1.807, 2.05) is 13.0 Å². The third kappa shape index (κ3) is 4.27. The van der Waals surface area contributed by atoms with Crippen LogP contribution in [0.15, 0.2) is 27.8 Å². The molecule has 0 aromatic rings. The first-order valence-corrected chi connectivity index (χ1v) is 16.2. The Morgan fingerprint density at radius 3 is 2.50 bits per heavy atom. The molecule has 0 saturated carbocycles. The van der Waals surface area contributed by atoms with Crippen LogP contribution in [-0.4, -0.2) is 60.4 Å². The maximum atomic E-state index is 11.0. The van der Waals surface area contributed by atoms with Crippen LogP contribution in [0.1, 0.15) is 53.9 Å². The molecule has 0 aromatic carbocycles. The molecule has 1 saturated heterocycles. The van der Waals surface area contributed by atoms with Crippen molar-refractivity contribution in [1.82, 2.24) is 0 Å². The van der Waals surface area contributed by atoms with Crippen LogP contribution in [0.2, 0.25) is 18.1 Å². The van der Waals surface area contributed by atoms with E-state index < -0.39 is 31.0 Å². The standard InChI is InChI=1S/C28H44N4O5Si/c1-10-11-12-22(35-18-33-6)19(2)23-20(14-37-38(8,9)25(3,4)5)13-21-15-36-28(34-7)27(21,17-30)26(23,16-29)24(31)32-28/h13,21-22H,10-12,14-15,18H2,1-9H3,(H2,31,32)/b23-19+/t21-,22-,26-,27+,28+/m1/s1. The van der Waals surface area contributed by atoms with E-state index in [4.69, 9.17) is 29.1 Å². The average Bonchev–Trinajstić information content (AvgIpc) is 3.31. The van der Waals surface area contributed by atoms with Gasteiger partial charge in [-0.05, 0) is 48.2 Å². The van der Waals surface area contributed by atoms with Gasteiger partial charge in [-0.2, -0.15) is 10.5 Å². The molecule has 1 fully saturated rings. The molecular weight excluding hydrogens is 500 g/mol. The monoisotopic (exact) mass is 544 g/mol. The summed E-state index contributed by atoms with van der Waals surface area (Å²) in [5.74, 6) is -2.13. The summed E-state index contributed by atoms with van der Waals surface area (Å²) in [7, 11) is 0.858. The zero-order valence-corrected chi connectivity index (χ0v) is 25.4. The quantitative estimate of drug-likeness (QED) is 0.290. The van der Waals surface area contributed by atoms with E-state index in [2.05, 4.69) is 57.9 Å². The first-order valence-electron chi connectivity index (χ1n) is 13.3. The van der Waals surface area contributed by atoms with E-state index in [1.165, 1.54) is 7.11 Å². The Morgan fingerprint density at radius 2 is 1.97 bits per heavy atom. The van der Waals surface area contributed by atoms with Gasteiger partial charge in [-0.15, -0.1) is 0 Å². The SMILES string of the molecule is CCCC[C@@H](OCOC)/C(C)=C1\C(CO[Si](C)(C)C(C)(C)C)=C[C@@H]2CO[C@]3(OC)N=C(N)[C@]1(C#N)[C@]23C#N. The predicted molar refractivity (Wildman–Crippen MR) is 147 cm³/mol. The minimum Gasteiger partial charge on any atom is -0.413 e. The van der Waals surface area contributed by atoms with Crippen molar-refractivity contribution in [2.75, 3.05) is 34.2 Å². The van der Waals surface area contributed by atoms with Crippen molar-refractivity contribution < 1.29 is 23.4 Å². The lowest BCUT2D eigenvalue weighted by molar-refractivity contribution is -0.228. The van der Waals surface area contributed by atoms with Crippen LogP contribution >= 0.6 is 0 Å². The highest BCUT2D eigenvalue weighted by atomic mass is 28.4. The van der Waals surface area contributed by atoms with Crippen molar-refractivity contribution in [3.05, 3.63) is 22.8 Å². The lowest BCUT2D eigenvalue weighted by Crippen LogP contribution is -2.59. The third-order valence-corrected chi connectivity index (χ3v) is 13.4. The lowest BCUT2D eigenvalue weighted by atomic mass is 9.50. The molecule has 0 unspecified atom stereocenters. The second-order valence-corrected chi connectivity index (χ2v) is 16.8. The molecule has 0 bridgehead atoms. The first kappa shape index (κ1) is 30.5. The second-order valence-electron chi connectivity index (χ2n) is 12.0. The van der Waals surface area contributed by atoms with Gasteiger partial charge < -0.3 is 29.1 Å². The van der Waals surface area contributed by atoms with Gasteiger partial charge in [-0.25, -0.2) is 4.99 Å². The van der Waals surface area contributed by atoms with Crippen LogP contribution < -0.4 is 5.73 Å². The molecule has 5 atom stereocenters. The van der Waals surface area contributed by atoms with Gasteiger partial charge in [0.25, 0.3) is 5.91 Å². The molecular formula is C28H44N4O5Si. The number of nitrogens with zero attached hydrogens (tertiary/aromatic N) is 3. The number of rotatable bonds is 11. The van der Waals surface area contributed by atoms with Crippen LogP contribution in [-0.2, 0) is 23.4 Å². The van der Waals surface area contributed by atoms with Crippen molar-refractivity contribution in [2.24, 2.45) is 27.5 Å². The normalized spacial score (nSPS) is 32.7. The number of hydrogen-bond donors (Lipinski definition) is 1. The number of nitrogens with two attached hydrogens (primary N) is 1. The van der Waals surface area contributed by atoms with E-state index >= 15 is 0 Å².